The molecule has 0 bridgehead atoms. The molecule has 2 aromatic rings. The Labute approximate surface area is 223 Å². The Morgan fingerprint density at radius 1 is 1.21 bits per heavy atom. The molecule has 5 rings (SSSR count). The highest BCUT2D eigenvalue weighted by Crippen LogP contribution is 2.41. The standard InChI is InChI=1S/C27H36N8O3/c1-17-14-34(18(2)13-33(17)15-19-7-9-38-10-8-19)26(37)35-16-21-23(27(35,3)4)31-32-24(21)30-25(36)22-6-5-20(11-28)12-29-22/h5-6,12,17-19H,7-10,13-16H2,1-4H3,(H2,30,31,32,36)/t17-,18+/m1/s1. The van der Waals surface area contributed by atoms with Crippen molar-refractivity contribution in [3.63, 3.8) is 0 Å². The Morgan fingerprint density at radius 2 is 1.97 bits per heavy atom. The van der Waals surface area contributed by atoms with E-state index in [1.165, 1.54) is 12.3 Å². The summed E-state index contributed by atoms with van der Waals surface area (Å²) >= 11 is 0. The highest BCUT2D eigenvalue weighted by molar-refractivity contribution is 6.02. The average Bonchev–Trinajstić information content (AvgIpc) is 3.43. The molecule has 3 aliphatic rings. The van der Waals surface area contributed by atoms with Gasteiger partial charge in [0, 0.05) is 56.7 Å². The van der Waals surface area contributed by atoms with E-state index in [2.05, 4.69) is 39.2 Å². The summed E-state index contributed by atoms with van der Waals surface area (Å²) in [6.45, 7) is 12.9. The number of ether oxygens (including phenoxy) is 1. The number of pyridine rings is 1. The monoisotopic (exact) mass is 520 g/mol. The molecule has 11 heteroatoms. The van der Waals surface area contributed by atoms with E-state index in [1.807, 2.05) is 29.7 Å². The van der Waals surface area contributed by atoms with Gasteiger partial charge in [0.15, 0.2) is 5.82 Å². The third-order valence-electron chi connectivity index (χ3n) is 8.25. The molecule has 0 saturated carbocycles. The van der Waals surface area contributed by atoms with Crippen molar-refractivity contribution in [2.45, 2.75) is 64.7 Å². The SMILES string of the molecule is C[C@@H]1CN(C(=O)N2Cc3c(NC(=O)c4ccc(C#N)cn4)n[nH]c3C2(C)C)[C@@H](C)CN1CC1CCOCC1. The number of hydrogen-bond acceptors (Lipinski definition) is 7. The Bertz CT molecular complexity index is 1230. The minimum absolute atomic E-state index is 0.00398. The molecular formula is C27H36N8O3. The Morgan fingerprint density at radius 3 is 2.66 bits per heavy atom. The maximum absolute atomic E-state index is 13.9. The van der Waals surface area contributed by atoms with Gasteiger partial charge in [0.1, 0.15) is 11.8 Å². The minimum Gasteiger partial charge on any atom is -0.381 e. The molecule has 2 N–H and O–H groups in total. The number of aromatic nitrogens is 3. The van der Waals surface area contributed by atoms with Gasteiger partial charge in [0.05, 0.1) is 23.3 Å². The van der Waals surface area contributed by atoms with Crippen LogP contribution in [-0.4, -0.2) is 86.8 Å². The topological polar surface area (TPSA) is 130 Å². The second-order valence-electron chi connectivity index (χ2n) is 11.2. The average molecular weight is 521 g/mol. The van der Waals surface area contributed by atoms with E-state index >= 15 is 0 Å². The van der Waals surface area contributed by atoms with Gasteiger partial charge in [-0.25, -0.2) is 9.78 Å². The quantitative estimate of drug-likeness (QED) is 0.634. The minimum atomic E-state index is -0.614. The number of carbonyl (C=O) groups is 2. The molecule has 2 atom stereocenters. The van der Waals surface area contributed by atoms with Crippen LogP contribution < -0.4 is 5.32 Å². The zero-order valence-corrected chi connectivity index (χ0v) is 22.5. The predicted molar refractivity (Wildman–Crippen MR) is 140 cm³/mol. The smallest absolute Gasteiger partial charge is 0.321 e. The summed E-state index contributed by atoms with van der Waals surface area (Å²) in [7, 11) is 0. The zero-order valence-electron chi connectivity index (χ0n) is 22.5. The molecular weight excluding hydrogens is 484 g/mol. The number of rotatable bonds is 4. The van der Waals surface area contributed by atoms with Crippen molar-refractivity contribution in [3.05, 3.63) is 40.8 Å². The van der Waals surface area contributed by atoms with Crippen LogP contribution in [0.1, 0.15) is 67.8 Å². The summed E-state index contributed by atoms with van der Waals surface area (Å²) in [5, 5.41) is 19.2. The van der Waals surface area contributed by atoms with Crippen LogP contribution in [0.2, 0.25) is 0 Å². The van der Waals surface area contributed by atoms with Crippen molar-refractivity contribution >= 4 is 17.8 Å². The van der Waals surface area contributed by atoms with Crippen LogP contribution in [0.5, 0.6) is 0 Å². The van der Waals surface area contributed by atoms with Crippen molar-refractivity contribution < 1.29 is 14.3 Å². The van der Waals surface area contributed by atoms with Crippen molar-refractivity contribution in [2.24, 2.45) is 5.92 Å². The van der Waals surface area contributed by atoms with E-state index in [0.29, 0.717) is 30.4 Å². The summed E-state index contributed by atoms with van der Waals surface area (Å²) in [5.41, 5.74) is 1.56. The number of nitrogens with one attached hydrogen (secondary N) is 2. The number of amides is 3. The fourth-order valence-electron chi connectivity index (χ4n) is 5.83. The van der Waals surface area contributed by atoms with Gasteiger partial charge in [-0.15, -0.1) is 0 Å². The van der Waals surface area contributed by atoms with Crippen LogP contribution in [0.25, 0.3) is 0 Å². The van der Waals surface area contributed by atoms with Crippen molar-refractivity contribution in [3.8, 4) is 6.07 Å². The summed E-state index contributed by atoms with van der Waals surface area (Å²) in [5.74, 6) is 0.625. The predicted octanol–water partition coefficient (Wildman–Crippen LogP) is 2.92. The molecule has 0 aliphatic carbocycles. The number of nitrogens with zero attached hydrogens (tertiary/aromatic N) is 6. The van der Waals surface area contributed by atoms with Gasteiger partial charge >= 0.3 is 6.03 Å². The molecule has 38 heavy (non-hydrogen) atoms. The first-order valence-corrected chi connectivity index (χ1v) is 13.3. The number of aromatic amines is 1. The molecule has 0 radical (unpaired) electrons. The first-order valence-electron chi connectivity index (χ1n) is 13.3. The van der Waals surface area contributed by atoms with Gasteiger partial charge in [-0.3, -0.25) is 14.8 Å². The fraction of sp³-hybridized carbons (Fsp3) is 0.593. The van der Waals surface area contributed by atoms with E-state index < -0.39 is 11.4 Å². The van der Waals surface area contributed by atoms with Gasteiger partial charge in [-0.05, 0) is 58.6 Å². The number of carbonyl (C=O) groups excluding carboxylic acids is 2. The Hall–Kier alpha value is -3.49. The summed E-state index contributed by atoms with van der Waals surface area (Å²) in [4.78, 5) is 37.1. The molecule has 2 aromatic heterocycles. The lowest BCUT2D eigenvalue weighted by Crippen LogP contribution is -2.62. The molecule has 202 valence electrons. The lowest BCUT2D eigenvalue weighted by atomic mass is 9.97. The number of H-pyrrole nitrogens is 1. The third-order valence-corrected chi connectivity index (χ3v) is 8.25. The molecule has 0 aromatic carbocycles. The number of fused-ring (bicyclic) bond motifs is 1. The largest absolute Gasteiger partial charge is 0.381 e. The van der Waals surface area contributed by atoms with E-state index in [1.54, 1.807) is 6.07 Å². The van der Waals surface area contributed by atoms with Crippen LogP contribution in [0.3, 0.4) is 0 Å². The lowest BCUT2D eigenvalue weighted by molar-refractivity contribution is 0.00882. The van der Waals surface area contributed by atoms with Gasteiger partial charge in [-0.2, -0.15) is 10.4 Å². The third kappa shape index (κ3) is 4.86. The van der Waals surface area contributed by atoms with E-state index in [0.717, 1.165) is 50.4 Å². The number of piperazine rings is 1. The number of anilines is 1. The van der Waals surface area contributed by atoms with Gasteiger partial charge in [0.25, 0.3) is 5.91 Å². The summed E-state index contributed by atoms with van der Waals surface area (Å²) < 4.78 is 5.52. The molecule has 2 saturated heterocycles. The van der Waals surface area contributed by atoms with Gasteiger partial charge in [0.2, 0.25) is 0 Å². The fourth-order valence-corrected chi connectivity index (χ4v) is 5.83. The van der Waals surface area contributed by atoms with Crippen molar-refractivity contribution in [2.75, 3.05) is 38.2 Å². The molecule has 0 spiro atoms. The zero-order chi connectivity index (χ0) is 27.0. The maximum atomic E-state index is 13.9. The second-order valence-corrected chi connectivity index (χ2v) is 11.2. The second kappa shape index (κ2) is 10.3. The molecule has 5 heterocycles. The maximum Gasteiger partial charge on any atom is 0.321 e. The number of hydrogen-bond donors (Lipinski definition) is 2. The van der Waals surface area contributed by atoms with Gasteiger partial charge < -0.3 is 19.9 Å². The molecule has 11 nitrogen and oxygen atoms in total. The molecule has 2 fully saturated rings. The Balaban J connectivity index is 1.26. The van der Waals surface area contributed by atoms with Crippen LogP contribution in [0.15, 0.2) is 18.3 Å². The van der Waals surface area contributed by atoms with E-state index in [4.69, 9.17) is 10.00 Å². The normalized spacial score (nSPS) is 23.7. The van der Waals surface area contributed by atoms with E-state index in [-0.39, 0.29) is 23.8 Å². The van der Waals surface area contributed by atoms with Crippen molar-refractivity contribution in [1.82, 2.24) is 29.9 Å². The Kier molecular flexibility index (Phi) is 7.11. The van der Waals surface area contributed by atoms with Crippen LogP contribution in [0, 0.1) is 17.2 Å². The first kappa shape index (κ1) is 26.1. The van der Waals surface area contributed by atoms with Crippen LogP contribution in [0.4, 0.5) is 10.6 Å². The summed E-state index contributed by atoms with van der Waals surface area (Å²) in [6, 6.07) is 5.41. The first-order chi connectivity index (χ1) is 18.2. The lowest BCUT2D eigenvalue weighted by Gasteiger charge is -2.47. The molecule has 3 aliphatic heterocycles. The number of urea groups is 1. The van der Waals surface area contributed by atoms with Crippen molar-refractivity contribution in [1.29, 1.82) is 5.26 Å². The van der Waals surface area contributed by atoms with E-state index in [9.17, 15) is 9.59 Å². The molecule has 3 amide bonds. The highest BCUT2D eigenvalue weighted by atomic mass is 16.5. The van der Waals surface area contributed by atoms with Crippen LogP contribution >= 0.6 is 0 Å². The highest BCUT2D eigenvalue weighted by Gasteiger charge is 2.47. The molecule has 0 unspecified atom stereocenters. The number of nitriles is 1. The van der Waals surface area contributed by atoms with Crippen LogP contribution in [-0.2, 0) is 16.8 Å². The van der Waals surface area contributed by atoms with Gasteiger partial charge in [-0.1, -0.05) is 0 Å². The summed E-state index contributed by atoms with van der Waals surface area (Å²) in [6.07, 6.45) is 3.57.